The van der Waals surface area contributed by atoms with E-state index in [1.165, 1.54) is 25.0 Å². The Bertz CT molecular complexity index is 1520. The molecule has 2 N–H and O–H groups in total. The average Bonchev–Trinajstić information content (AvgIpc) is 3.67. The van der Waals surface area contributed by atoms with Crippen molar-refractivity contribution in [1.82, 2.24) is 25.5 Å². The molecule has 5 rings (SSSR count). The molecule has 4 fully saturated rings. The van der Waals surface area contributed by atoms with E-state index in [9.17, 15) is 28.8 Å². The molecular formula is C46H71N5O6. The third-order valence-corrected chi connectivity index (χ3v) is 13.9. The third kappa shape index (κ3) is 11.8. The Labute approximate surface area is 341 Å². The summed E-state index contributed by atoms with van der Waals surface area (Å²) < 4.78 is 0. The molecule has 3 aliphatic carbocycles. The number of aromatic nitrogens is 2. The Hall–Kier alpha value is -3.50. The second-order valence-corrected chi connectivity index (χ2v) is 19.1. The molecule has 6 atom stereocenters. The van der Waals surface area contributed by atoms with Gasteiger partial charge >= 0.3 is 0 Å². The molecule has 3 amide bonds. The summed E-state index contributed by atoms with van der Waals surface area (Å²) in [5.74, 6) is -2.16. The highest BCUT2D eigenvalue weighted by atomic mass is 16.2. The Balaban J connectivity index is 1.37. The molecule has 0 radical (unpaired) electrons. The van der Waals surface area contributed by atoms with Gasteiger partial charge in [-0.15, -0.1) is 0 Å². The first-order valence-corrected chi connectivity index (χ1v) is 22.6. The van der Waals surface area contributed by atoms with Crippen LogP contribution in [-0.2, 0) is 24.0 Å². The van der Waals surface area contributed by atoms with Crippen molar-refractivity contribution in [2.24, 2.45) is 40.9 Å². The lowest BCUT2D eigenvalue weighted by Gasteiger charge is -2.39. The monoisotopic (exact) mass is 790 g/mol. The van der Waals surface area contributed by atoms with Gasteiger partial charge < -0.3 is 15.5 Å². The molecule has 57 heavy (non-hydrogen) atoms. The van der Waals surface area contributed by atoms with Crippen LogP contribution in [0.15, 0.2) is 18.6 Å². The molecule has 4 aliphatic rings. The standard InChI is InChI=1S/C46H71N5O6/c1-6-16-36(41(54)39(53)27-30(2)31-17-10-7-11-18-31)49-44(56)40-34(32-19-12-8-13-20-32)23-26-51(40)45(57)42(46(3,4)5)50-43(55)35(33-21-14-9-15-22-33)28-38(52)37-29-47-24-25-48-37/h24-25,29-36,40,42H,6-23,26-28H2,1-5H3,(H,49,56)(H,50,55)/t30-,34-,35+,36+,40+,42-/m1/s1. The summed E-state index contributed by atoms with van der Waals surface area (Å²) in [6.45, 7) is 10.1. The smallest absolute Gasteiger partial charge is 0.246 e. The van der Waals surface area contributed by atoms with Crippen molar-refractivity contribution in [1.29, 1.82) is 0 Å². The number of Topliss-reactive ketones (excluding diaryl/α,β-unsaturated/α-hetero) is 3. The molecule has 316 valence electrons. The zero-order valence-corrected chi connectivity index (χ0v) is 35.6. The summed E-state index contributed by atoms with van der Waals surface area (Å²) in [5.41, 5.74) is -0.500. The van der Waals surface area contributed by atoms with Crippen LogP contribution in [0.3, 0.4) is 0 Å². The molecule has 0 spiro atoms. The third-order valence-electron chi connectivity index (χ3n) is 13.9. The highest BCUT2D eigenvalue weighted by Crippen LogP contribution is 2.41. The number of hydrogen-bond acceptors (Lipinski definition) is 8. The largest absolute Gasteiger partial charge is 0.344 e. The van der Waals surface area contributed by atoms with E-state index in [4.69, 9.17) is 0 Å². The van der Waals surface area contributed by atoms with Crippen molar-refractivity contribution < 1.29 is 28.8 Å². The van der Waals surface area contributed by atoms with Crippen LogP contribution in [0.1, 0.15) is 174 Å². The summed E-state index contributed by atoms with van der Waals surface area (Å²) >= 11 is 0. The van der Waals surface area contributed by atoms with Crippen molar-refractivity contribution in [3.05, 3.63) is 24.3 Å². The van der Waals surface area contributed by atoms with Gasteiger partial charge in [-0.05, 0) is 60.7 Å². The minimum Gasteiger partial charge on any atom is -0.344 e. The molecule has 1 aromatic heterocycles. The van der Waals surface area contributed by atoms with Gasteiger partial charge in [-0.25, -0.2) is 4.98 Å². The van der Waals surface area contributed by atoms with Gasteiger partial charge in [-0.2, -0.15) is 0 Å². The number of amides is 3. The predicted octanol–water partition coefficient (Wildman–Crippen LogP) is 7.60. The van der Waals surface area contributed by atoms with Gasteiger partial charge in [0.1, 0.15) is 17.8 Å². The van der Waals surface area contributed by atoms with Crippen molar-refractivity contribution in [2.75, 3.05) is 6.54 Å². The number of likely N-dealkylation sites (tertiary alicyclic amines) is 1. The molecule has 0 aromatic carbocycles. The normalized spacial score (nSPS) is 23.6. The Morgan fingerprint density at radius 3 is 1.98 bits per heavy atom. The van der Waals surface area contributed by atoms with E-state index in [0.29, 0.717) is 31.7 Å². The van der Waals surface area contributed by atoms with E-state index in [1.54, 1.807) is 4.90 Å². The van der Waals surface area contributed by atoms with Crippen molar-refractivity contribution in [3.8, 4) is 0 Å². The number of nitrogens with zero attached hydrogens (tertiary/aromatic N) is 3. The van der Waals surface area contributed by atoms with E-state index in [0.717, 1.165) is 89.9 Å². The number of rotatable bonds is 17. The molecule has 0 bridgehead atoms. The molecule has 1 aromatic rings. The molecule has 1 aliphatic heterocycles. The first kappa shape index (κ1) is 44.6. The number of hydrogen-bond donors (Lipinski definition) is 2. The summed E-state index contributed by atoms with van der Waals surface area (Å²) in [5, 5.41) is 6.16. The zero-order chi connectivity index (χ0) is 41.1. The second kappa shape index (κ2) is 21.0. The van der Waals surface area contributed by atoms with E-state index in [1.807, 2.05) is 27.7 Å². The molecule has 3 saturated carbocycles. The van der Waals surface area contributed by atoms with Crippen molar-refractivity contribution >= 4 is 35.1 Å². The maximum atomic E-state index is 15.0. The molecule has 1 saturated heterocycles. The summed E-state index contributed by atoms with van der Waals surface area (Å²) in [4.78, 5) is 94.7. The molecular weight excluding hydrogens is 719 g/mol. The van der Waals surface area contributed by atoms with Crippen LogP contribution in [0.4, 0.5) is 0 Å². The molecule has 11 heteroatoms. The number of nitrogens with one attached hydrogen (secondary N) is 2. The maximum Gasteiger partial charge on any atom is 0.246 e. The van der Waals surface area contributed by atoms with Crippen LogP contribution in [-0.4, -0.2) is 74.6 Å². The SMILES string of the molecule is CCC[C@H](NC(=O)[C@@H]1[C@@H](C2CCCCC2)CCN1C(=O)[C@@H](NC(=O)[C@@H](CC(=O)c1cnccn1)C1CCCCC1)C(C)(C)C)C(=O)C(=O)C[C@@H](C)C1CCCCC1. The molecule has 2 heterocycles. The van der Waals surface area contributed by atoms with Crippen molar-refractivity contribution in [2.45, 2.75) is 181 Å². The zero-order valence-electron chi connectivity index (χ0n) is 35.6. The number of ketones is 3. The Morgan fingerprint density at radius 1 is 0.789 bits per heavy atom. The minimum absolute atomic E-state index is 0.00233. The van der Waals surface area contributed by atoms with Gasteiger partial charge in [0.25, 0.3) is 0 Å². The van der Waals surface area contributed by atoms with Gasteiger partial charge in [-0.3, -0.25) is 33.8 Å². The van der Waals surface area contributed by atoms with Crippen LogP contribution < -0.4 is 10.6 Å². The van der Waals surface area contributed by atoms with E-state index >= 15 is 0 Å². The van der Waals surface area contributed by atoms with Gasteiger partial charge in [0.05, 0.1) is 12.2 Å². The second-order valence-electron chi connectivity index (χ2n) is 19.1. The van der Waals surface area contributed by atoms with E-state index in [-0.39, 0.29) is 65.7 Å². The molecule has 0 unspecified atom stereocenters. The lowest BCUT2D eigenvalue weighted by Crippen LogP contribution is -2.60. The fraction of sp³-hybridized carbons (Fsp3) is 0.783. The quantitative estimate of drug-likeness (QED) is 0.121. The highest BCUT2D eigenvalue weighted by Gasteiger charge is 2.49. The van der Waals surface area contributed by atoms with Gasteiger partial charge in [0.2, 0.25) is 29.3 Å². The fourth-order valence-corrected chi connectivity index (χ4v) is 10.5. The number of carbonyl (C=O) groups excluding carboxylic acids is 6. The van der Waals surface area contributed by atoms with Crippen molar-refractivity contribution in [3.63, 3.8) is 0 Å². The van der Waals surface area contributed by atoms with E-state index < -0.39 is 41.0 Å². The average molecular weight is 790 g/mol. The predicted molar refractivity (Wildman–Crippen MR) is 220 cm³/mol. The number of carbonyl (C=O) groups is 6. The van der Waals surface area contributed by atoms with E-state index in [2.05, 4.69) is 27.5 Å². The first-order chi connectivity index (χ1) is 27.3. The van der Waals surface area contributed by atoms with Crippen LogP contribution in [0.2, 0.25) is 0 Å². The Kier molecular flexibility index (Phi) is 16.4. The van der Waals surface area contributed by atoms with Gasteiger partial charge in [0.15, 0.2) is 5.78 Å². The lowest BCUT2D eigenvalue weighted by molar-refractivity contribution is -0.146. The van der Waals surface area contributed by atoms with Crippen LogP contribution >= 0.6 is 0 Å². The minimum atomic E-state index is -0.959. The van der Waals surface area contributed by atoms with Crippen LogP contribution in [0.25, 0.3) is 0 Å². The van der Waals surface area contributed by atoms with Crippen LogP contribution in [0.5, 0.6) is 0 Å². The Morgan fingerprint density at radius 2 is 1.40 bits per heavy atom. The summed E-state index contributed by atoms with van der Waals surface area (Å²) in [7, 11) is 0. The topological polar surface area (TPSA) is 156 Å². The highest BCUT2D eigenvalue weighted by molar-refractivity contribution is 6.39. The fourth-order valence-electron chi connectivity index (χ4n) is 10.5. The van der Waals surface area contributed by atoms with Gasteiger partial charge in [0, 0.05) is 37.7 Å². The van der Waals surface area contributed by atoms with Crippen LogP contribution in [0, 0.1) is 40.9 Å². The lowest BCUT2D eigenvalue weighted by atomic mass is 9.76. The first-order valence-electron chi connectivity index (χ1n) is 22.6. The summed E-state index contributed by atoms with van der Waals surface area (Å²) in [6.07, 6.45) is 21.9. The maximum absolute atomic E-state index is 15.0. The van der Waals surface area contributed by atoms with Gasteiger partial charge in [-0.1, -0.05) is 125 Å². The molecule has 11 nitrogen and oxygen atoms in total. The summed E-state index contributed by atoms with van der Waals surface area (Å²) in [6, 6.07) is -2.73.